The van der Waals surface area contributed by atoms with Gasteiger partial charge in [-0.1, -0.05) is 54.6 Å². The molecule has 0 atom stereocenters. The van der Waals surface area contributed by atoms with Crippen LogP contribution in [0.3, 0.4) is 0 Å². The highest BCUT2D eigenvalue weighted by Gasteiger charge is 1.95. The third-order valence-corrected chi connectivity index (χ3v) is 2.51. The van der Waals surface area contributed by atoms with Crippen molar-refractivity contribution in [1.29, 1.82) is 0 Å². The summed E-state index contributed by atoms with van der Waals surface area (Å²) in [6.07, 6.45) is 4.89. The molecule has 0 saturated carbocycles. The van der Waals surface area contributed by atoms with Crippen molar-refractivity contribution in [1.82, 2.24) is 0 Å². The molecule has 3 nitrogen and oxygen atoms in total. The Kier molecular flexibility index (Phi) is 5.28. The molecule has 0 saturated heterocycles. The molecular formula is C17H15NO2. The second-order valence-corrected chi connectivity index (χ2v) is 4.04. The van der Waals surface area contributed by atoms with Gasteiger partial charge in [0.05, 0.1) is 5.69 Å². The van der Waals surface area contributed by atoms with Gasteiger partial charge in [0.1, 0.15) is 12.8 Å². The topological polar surface area (TPSA) is 38.7 Å². The van der Waals surface area contributed by atoms with Crippen LogP contribution < -0.4 is 0 Å². The van der Waals surface area contributed by atoms with Crippen LogP contribution in [0.15, 0.2) is 71.7 Å². The van der Waals surface area contributed by atoms with E-state index in [1.54, 1.807) is 6.08 Å². The van der Waals surface area contributed by atoms with Gasteiger partial charge in [0, 0.05) is 0 Å². The van der Waals surface area contributed by atoms with Crippen LogP contribution in [0.2, 0.25) is 0 Å². The first-order valence-electron chi connectivity index (χ1n) is 6.32. The molecular weight excluding hydrogens is 250 g/mol. The third-order valence-electron chi connectivity index (χ3n) is 2.51. The van der Waals surface area contributed by atoms with Gasteiger partial charge in [0.15, 0.2) is 0 Å². The fourth-order valence-corrected chi connectivity index (χ4v) is 1.56. The molecule has 0 fully saturated rings. The van der Waals surface area contributed by atoms with Crippen molar-refractivity contribution in [2.45, 2.75) is 0 Å². The van der Waals surface area contributed by atoms with Crippen LogP contribution in [0.5, 0.6) is 0 Å². The summed E-state index contributed by atoms with van der Waals surface area (Å²) in [6.45, 7) is 0.231. The van der Waals surface area contributed by atoms with E-state index in [1.165, 1.54) is 6.21 Å². The van der Waals surface area contributed by atoms with Gasteiger partial charge in [-0.15, -0.1) is 0 Å². The van der Waals surface area contributed by atoms with Crippen LogP contribution in [0.4, 0.5) is 5.69 Å². The minimum Gasteiger partial charge on any atom is -0.457 e. The third kappa shape index (κ3) is 4.90. The van der Waals surface area contributed by atoms with E-state index < -0.39 is 5.97 Å². The van der Waals surface area contributed by atoms with Crippen molar-refractivity contribution < 1.29 is 9.53 Å². The Morgan fingerprint density at radius 1 is 1.00 bits per heavy atom. The molecule has 0 radical (unpaired) electrons. The molecule has 0 aliphatic heterocycles. The first-order valence-corrected chi connectivity index (χ1v) is 6.32. The van der Waals surface area contributed by atoms with E-state index in [-0.39, 0.29) is 6.61 Å². The fraction of sp³-hybridized carbons (Fsp3) is 0.0588. The van der Waals surface area contributed by atoms with Crippen LogP contribution in [-0.2, 0) is 9.53 Å². The van der Waals surface area contributed by atoms with Crippen molar-refractivity contribution in [2.75, 3.05) is 6.61 Å². The number of benzene rings is 2. The molecule has 0 aliphatic rings. The van der Waals surface area contributed by atoms with Crippen LogP contribution in [0, 0.1) is 0 Å². The van der Waals surface area contributed by atoms with Gasteiger partial charge in [-0.3, -0.25) is 0 Å². The molecule has 20 heavy (non-hydrogen) atoms. The number of para-hydroxylation sites is 1. The molecule has 0 N–H and O–H groups in total. The predicted molar refractivity (Wildman–Crippen MR) is 81.0 cm³/mol. The number of rotatable bonds is 5. The molecule has 0 unspecified atom stereocenters. The van der Waals surface area contributed by atoms with Gasteiger partial charge in [-0.25, -0.2) is 9.79 Å². The van der Waals surface area contributed by atoms with Gasteiger partial charge in [0.25, 0.3) is 0 Å². The Labute approximate surface area is 118 Å². The summed E-state index contributed by atoms with van der Waals surface area (Å²) >= 11 is 0. The van der Waals surface area contributed by atoms with E-state index in [0.29, 0.717) is 0 Å². The van der Waals surface area contributed by atoms with Gasteiger partial charge in [0.2, 0.25) is 0 Å². The van der Waals surface area contributed by atoms with E-state index in [2.05, 4.69) is 4.99 Å². The molecule has 0 bridgehead atoms. The molecule has 0 heterocycles. The van der Waals surface area contributed by atoms with E-state index in [9.17, 15) is 4.79 Å². The molecule has 2 aromatic rings. The van der Waals surface area contributed by atoms with E-state index >= 15 is 0 Å². The van der Waals surface area contributed by atoms with E-state index in [4.69, 9.17) is 4.74 Å². The zero-order valence-electron chi connectivity index (χ0n) is 11.0. The summed E-state index contributed by atoms with van der Waals surface area (Å²) in [6, 6.07) is 19.1. The van der Waals surface area contributed by atoms with Crippen molar-refractivity contribution in [2.24, 2.45) is 4.99 Å². The monoisotopic (exact) mass is 265 g/mol. The van der Waals surface area contributed by atoms with Crippen molar-refractivity contribution >= 4 is 23.9 Å². The zero-order valence-corrected chi connectivity index (χ0v) is 11.0. The Hall–Kier alpha value is -2.68. The highest BCUT2D eigenvalue weighted by Crippen LogP contribution is 2.08. The zero-order chi connectivity index (χ0) is 14.0. The van der Waals surface area contributed by atoms with Crippen LogP contribution >= 0.6 is 0 Å². The number of nitrogens with zero attached hydrogens (tertiary/aromatic N) is 1. The van der Waals surface area contributed by atoms with Gasteiger partial charge >= 0.3 is 5.97 Å². The minimum atomic E-state index is -0.452. The number of ether oxygens (including phenoxy) is 1. The molecule has 100 valence electrons. The summed E-state index contributed by atoms with van der Waals surface area (Å²) < 4.78 is 5.01. The number of carbonyl (C=O) groups is 1. The van der Waals surface area contributed by atoms with Crippen molar-refractivity contribution in [3.8, 4) is 0 Å². The number of carbonyl (C=O) groups excluding carboxylic acids is 1. The second-order valence-electron chi connectivity index (χ2n) is 4.04. The van der Waals surface area contributed by atoms with Crippen LogP contribution in [0.1, 0.15) is 5.56 Å². The summed E-state index contributed by atoms with van der Waals surface area (Å²) in [5, 5.41) is 0. The number of aliphatic imine (C=N–C) groups is 1. The molecule has 0 aromatic heterocycles. The number of esters is 1. The molecule has 3 heteroatoms. The molecule has 0 aliphatic carbocycles. The maximum Gasteiger partial charge on any atom is 0.349 e. The normalized spacial score (nSPS) is 11.0. The van der Waals surface area contributed by atoms with Gasteiger partial charge < -0.3 is 4.74 Å². The van der Waals surface area contributed by atoms with Crippen LogP contribution in [0.25, 0.3) is 6.08 Å². The SMILES string of the molecule is O=C(C=Nc1ccccc1)OC/C=C/c1ccccc1. The smallest absolute Gasteiger partial charge is 0.349 e. The summed E-state index contributed by atoms with van der Waals surface area (Å²) in [7, 11) is 0. The number of hydrogen-bond acceptors (Lipinski definition) is 3. The lowest BCUT2D eigenvalue weighted by Crippen LogP contribution is -2.05. The highest BCUT2D eigenvalue weighted by atomic mass is 16.5. The quantitative estimate of drug-likeness (QED) is 0.611. The second kappa shape index (κ2) is 7.69. The minimum absolute atomic E-state index is 0.231. The van der Waals surface area contributed by atoms with Crippen LogP contribution in [-0.4, -0.2) is 18.8 Å². The average Bonchev–Trinajstić information content (AvgIpc) is 2.52. The maximum atomic E-state index is 11.4. The molecule has 0 spiro atoms. The van der Waals surface area contributed by atoms with Gasteiger partial charge in [-0.05, 0) is 23.8 Å². The average molecular weight is 265 g/mol. The fourth-order valence-electron chi connectivity index (χ4n) is 1.56. The Morgan fingerprint density at radius 2 is 1.65 bits per heavy atom. The van der Waals surface area contributed by atoms with E-state index in [0.717, 1.165) is 11.3 Å². The Bertz CT molecular complexity index is 589. The Balaban J connectivity index is 1.76. The molecule has 2 aromatic carbocycles. The maximum absolute atomic E-state index is 11.4. The summed E-state index contributed by atoms with van der Waals surface area (Å²) in [4.78, 5) is 15.4. The standard InChI is InChI=1S/C17H15NO2/c19-17(14-18-16-11-5-2-6-12-16)20-13-7-10-15-8-3-1-4-9-15/h1-12,14H,13H2/b10-7+,18-14?. The van der Waals surface area contributed by atoms with E-state index in [1.807, 2.05) is 66.7 Å². The lowest BCUT2D eigenvalue weighted by molar-refractivity contribution is -0.133. The van der Waals surface area contributed by atoms with Crippen molar-refractivity contribution in [3.05, 3.63) is 72.3 Å². The predicted octanol–water partition coefficient (Wildman–Crippen LogP) is 3.65. The summed E-state index contributed by atoms with van der Waals surface area (Å²) in [5.74, 6) is -0.452. The first kappa shape index (κ1) is 13.7. The highest BCUT2D eigenvalue weighted by molar-refractivity contribution is 6.23. The summed E-state index contributed by atoms with van der Waals surface area (Å²) in [5.41, 5.74) is 1.80. The largest absolute Gasteiger partial charge is 0.457 e. The Morgan fingerprint density at radius 3 is 2.35 bits per heavy atom. The molecule has 2 rings (SSSR count). The first-order chi connectivity index (χ1) is 9.84. The van der Waals surface area contributed by atoms with Crippen molar-refractivity contribution in [3.63, 3.8) is 0 Å². The van der Waals surface area contributed by atoms with Gasteiger partial charge in [-0.2, -0.15) is 0 Å². The number of hydrogen-bond donors (Lipinski definition) is 0. The molecule has 0 amide bonds. The lowest BCUT2D eigenvalue weighted by atomic mass is 10.2. The lowest BCUT2D eigenvalue weighted by Gasteiger charge is -1.96.